The van der Waals surface area contributed by atoms with E-state index in [9.17, 15) is 8.42 Å². The van der Waals surface area contributed by atoms with Crippen LogP contribution in [0.3, 0.4) is 0 Å². The summed E-state index contributed by atoms with van der Waals surface area (Å²) in [4.78, 5) is 3.95. The molecule has 0 saturated heterocycles. The van der Waals surface area contributed by atoms with Gasteiger partial charge in [-0.05, 0) is 12.1 Å². The van der Waals surface area contributed by atoms with Crippen LogP contribution in [0.2, 0.25) is 0 Å². The molecule has 0 bridgehead atoms. The van der Waals surface area contributed by atoms with Gasteiger partial charge < -0.3 is 0 Å². The van der Waals surface area contributed by atoms with Crippen LogP contribution >= 0.6 is 15.9 Å². The highest BCUT2D eigenvalue weighted by Gasteiger charge is 2.10. The Morgan fingerprint density at radius 2 is 2.27 bits per heavy atom. The highest BCUT2D eigenvalue weighted by molar-refractivity contribution is 9.10. The summed E-state index contributed by atoms with van der Waals surface area (Å²) < 4.78 is 22.2. The first-order valence-corrected chi connectivity index (χ1v) is 5.63. The van der Waals surface area contributed by atoms with Crippen molar-refractivity contribution in [2.75, 3.05) is 4.66 Å². The van der Waals surface area contributed by atoms with Crippen molar-refractivity contribution in [2.24, 2.45) is 0 Å². The van der Waals surface area contributed by atoms with Gasteiger partial charge in [-0.25, -0.2) is 8.42 Å². The van der Waals surface area contributed by atoms with Crippen molar-refractivity contribution in [3.8, 4) is 0 Å². The predicted octanol–water partition coefficient (Wildman–Crippen LogP) is 1.21. The maximum atomic E-state index is 11.1. The number of rotatable bonds is 2. The van der Waals surface area contributed by atoms with E-state index in [0.29, 0.717) is 0 Å². The molecular weight excluding hydrogens is 230 g/mol. The first kappa shape index (κ1) is 8.67. The van der Waals surface area contributed by atoms with Gasteiger partial charge in [-0.15, -0.1) is 0 Å². The normalized spacial score (nSPS) is 11.4. The number of hydrogen-bond acceptors (Lipinski definition) is 3. The van der Waals surface area contributed by atoms with Crippen LogP contribution in [-0.4, -0.2) is 18.1 Å². The molecule has 0 fully saturated rings. The molecule has 0 unspecified atom stereocenters. The molecule has 0 saturated carbocycles. The van der Waals surface area contributed by atoms with Gasteiger partial charge in [0.05, 0.1) is 4.90 Å². The molecule has 0 amide bonds. The minimum Gasteiger partial charge on any atom is -0.263 e. The Hall–Kier alpha value is -0.420. The van der Waals surface area contributed by atoms with E-state index in [2.05, 4.69) is 20.9 Å². The maximum absolute atomic E-state index is 11.1. The van der Waals surface area contributed by atoms with Crippen LogP contribution in [0, 0.1) is 0 Å². The molecule has 0 spiro atoms. The summed E-state index contributed by atoms with van der Waals surface area (Å²) >= 11 is 2.89. The molecule has 3 nitrogen and oxygen atoms in total. The lowest BCUT2D eigenvalue weighted by atomic mass is 10.5. The van der Waals surface area contributed by atoms with E-state index in [1.165, 1.54) is 18.5 Å². The van der Waals surface area contributed by atoms with Crippen molar-refractivity contribution < 1.29 is 8.42 Å². The van der Waals surface area contributed by atoms with Crippen molar-refractivity contribution in [1.82, 2.24) is 4.98 Å². The van der Waals surface area contributed by atoms with Gasteiger partial charge in [-0.2, -0.15) is 0 Å². The lowest BCUT2D eigenvalue weighted by Gasteiger charge is -1.96. The van der Waals surface area contributed by atoms with Crippen LogP contribution in [0.5, 0.6) is 0 Å². The minimum absolute atomic E-state index is 0.0638. The smallest absolute Gasteiger partial charge is 0.189 e. The summed E-state index contributed by atoms with van der Waals surface area (Å²) in [6, 6.07) is 3.11. The SMILES string of the molecule is O=S(=O)(CBr)c1cccnc1. The van der Waals surface area contributed by atoms with Crippen molar-refractivity contribution in [3.63, 3.8) is 0 Å². The van der Waals surface area contributed by atoms with Crippen LogP contribution in [0.1, 0.15) is 0 Å². The molecule has 0 aliphatic rings. The number of sulfone groups is 1. The third-order valence-corrected chi connectivity index (χ3v) is 4.19. The number of halogens is 1. The first-order valence-electron chi connectivity index (χ1n) is 2.85. The van der Waals surface area contributed by atoms with Crippen molar-refractivity contribution in [2.45, 2.75) is 4.90 Å². The molecule has 0 N–H and O–H groups in total. The second-order valence-corrected chi connectivity index (χ2v) is 5.21. The zero-order valence-electron chi connectivity index (χ0n) is 5.57. The fraction of sp³-hybridized carbons (Fsp3) is 0.167. The van der Waals surface area contributed by atoms with Gasteiger partial charge in [0, 0.05) is 12.4 Å². The molecule has 1 rings (SSSR count). The topological polar surface area (TPSA) is 47.0 Å². The highest BCUT2D eigenvalue weighted by atomic mass is 79.9. The van der Waals surface area contributed by atoms with Crippen molar-refractivity contribution >= 4 is 25.8 Å². The summed E-state index contributed by atoms with van der Waals surface area (Å²) in [7, 11) is -3.14. The fourth-order valence-electron chi connectivity index (χ4n) is 0.594. The zero-order chi connectivity index (χ0) is 8.32. The standard InChI is InChI=1S/C6H6BrNO2S/c7-5-11(9,10)6-2-1-3-8-4-6/h1-4H,5H2. The quantitative estimate of drug-likeness (QED) is 0.725. The Morgan fingerprint density at radius 1 is 1.55 bits per heavy atom. The Kier molecular flexibility index (Phi) is 2.62. The molecule has 0 aliphatic carbocycles. The number of alkyl halides is 1. The Labute approximate surface area is 73.5 Å². The predicted molar refractivity (Wildman–Crippen MR) is 45.2 cm³/mol. The van der Waals surface area contributed by atoms with Crippen LogP contribution in [-0.2, 0) is 9.84 Å². The summed E-state index contributed by atoms with van der Waals surface area (Å²) in [5.41, 5.74) is 0. The van der Waals surface area contributed by atoms with E-state index in [1.54, 1.807) is 6.07 Å². The third-order valence-electron chi connectivity index (χ3n) is 1.14. The fourth-order valence-corrected chi connectivity index (χ4v) is 2.02. The van der Waals surface area contributed by atoms with Gasteiger partial charge in [-0.1, -0.05) is 15.9 Å². The van der Waals surface area contributed by atoms with E-state index in [0.717, 1.165) is 0 Å². The van der Waals surface area contributed by atoms with E-state index >= 15 is 0 Å². The molecule has 0 aliphatic heterocycles. The Morgan fingerprint density at radius 3 is 2.73 bits per heavy atom. The van der Waals surface area contributed by atoms with Crippen molar-refractivity contribution in [3.05, 3.63) is 24.5 Å². The molecule has 0 aromatic carbocycles. The monoisotopic (exact) mass is 235 g/mol. The first-order chi connectivity index (χ1) is 5.17. The lowest BCUT2D eigenvalue weighted by Crippen LogP contribution is -2.01. The molecule has 1 heterocycles. The van der Waals surface area contributed by atoms with Crippen LogP contribution in [0.15, 0.2) is 29.4 Å². The summed E-state index contributed by atoms with van der Waals surface area (Å²) in [6.07, 6.45) is 2.86. The molecule has 0 radical (unpaired) electrons. The van der Waals surface area contributed by atoms with Crippen molar-refractivity contribution in [1.29, 1.82) is 0 Å². The van der Waals surface area contributed by atoms with E-state index in [4.69, 9.17) is 0 Å². The van der Waals surface area contributed by atoms with Gasteiger partial charge in [-0.3, -0.25) is 4.98 Å². The average molecular weight is 236 g/mol. The Bertz CT molecular complexity index is 322. The molecule has 1 aromatic rings. The summed E-state index contributed by atoms with van der Waals surface area (Å²) in [5.74, 6) is 0. The van der Waals surface area contributed by atoms with Crippen LogP contribution in [0.4, 0.5) is 0 Å². The lowest BCUT2D eigenvalue weighted by molar-refractivity contribution is 0.600. The van der Waals surface area contributed by atoms with E-state index in [1.807, 2.05) is 0 Å². The second-order valence-electron chi connectivity index (χ2n) is 1.91. The molecule has 1 aromatic heterocycles. The van der Waals surface area contributed by atoms with E-state index in [-0.39, 0.29) is 9.56 Å². The van der Waals surface area contributed by atoms with Gasteiger partial charge in [0.2, 0.25) is 0 Å². The number of pyridine rings is 1. The highest BCUT2D eigenvalue weighted by Crippen LogP contribution is 2.09. The van der Waals surface area contributed by atoms with E-state index < -0.39 is 9.84 Å². The molecule has 5 heteroatoms. The largest absolute Gasteiger partial charge is 0.263 e. The number of aromatic nitrogens is 1. The number of hydrogen-bond donors (Lipinski definition) is 0. The van der Waals surface area contributed by atoms with Gasteiger partial charge in [0.25, 0.3) is 0 Å². The summed E-state index contributed by atoms with van der Waals surface area (Å²) in [6.45, 7) is 0. The maximum Gasteiger partial charge on any atom is 0.189 e. The van der Waals surface area contributed by atoms with Gasteiger partial charge in [0.1, 0.15) is 4.66 Å². The van der Waals surface area contributed by atoms with Crippen LogP contribution in [0.25, 0.3) is 0 Å². The van der Waals surface area contributed by atoms with Crippen LogP contribution < -0.4 is 0 Å². The van der Waals surface area contributed by atoms with Gasteiger partial charge in [0.15, 0.2) is 9.84 Å². The zero-order valence-corrected chi connectivity index (χ0v) is 7.97. The minimum atomic E-state index is -3.14. The summed E-state index contributed by atoms with van der Waals surface area (Å²) in [5, 5.41) is 0. The molecule has 0 atom stereocenters. The third kappa shape index (κ3) is 2.00. The second kappa shape index (κ2) is 3.32. The molecule has 60 valence electrons. The molecular formula is C6H6BrNO2S. The Balaban J connectivity index is 3.14. The van der Waals surface area contributed by atoms with Gasteiger partial charge >= 0.3 is 0 Å². The number of nitrogens with zero attached hydrogens (tertiary/aromatic N) is 1. The average Bonchev–Trinajstić information content (AvgIpc) is 2.06. The molecule has 11 heavy (non-hydrogen) atoms.